The van der Waals surface area contributed by atoms with Gasteiger partial charge in [0.2, 0.25) is 5.96 Å². The molecule has 0 aromatic carbocycles. The summed E-state index contributed by atoms with van der Waals surface area (Å²) in [5.41, 5.74) is 9.49. The van der Waals surface area contributed by atoms with Gasteiger partial charge in [0.25, 0.3) is 0 Å². The van der Waals surface area contributed by atoms with Crippen LogP contribution in [0.4, 0.5) is 0 Å². The van der Waals surface area contributed by atoms with Gasteiger partial charge in [-0.3, -0.25) is 4.99 Å². The van der Waals surface area contributed by atoms with Crippen molar-refractivity contribution in [3.8, 4) is 0 Å². The summed E-state index contributed by atoms with van der Waals surface area (Å²) >= 11 is 0. The summed E-state index contributed by atoms with van der Waals surface area (Å²) in [6, 6.07) is 0.782. The summed E-state index contributed by atoms with van der Waals surface area (Å²) in [6.45, 7) is 13.4. The predicted octanol–water partition coefficient (Wildman–Crippen LogP) is 6.58. The number of hydrogen-bond donors (Lipinski definition) is 3. The van der Waals surface area contributed by atoms with Crippen LogP contribution in [0.15, 0.2) is 116 Å². The zero-order valence-electron chi connectivity index (χ0n) is 28.8. The second-order valence-corrected chi connectivity index (χ2v) is 14.5. The second kappa shape index (κ2) is 14.1. The molecule has 7 rings (SSSR count). The zero-order chi connectivity index (χ0) is 32.3. The van der Waals surface area contributed by atoms with E-state index in [1.807, 2.05) is 0 Å². The van der Waals surface area contributed by atoms with Crippen LogP contribution in [0.2, 0.25) is 0 Å². The van der Waals surface area contributed by atoms with E-state index in [2.05, 4.69) is 120 Å². The van der Waals surface area contributed by atoms with Gasteiger partial charge in [0.15, 0.2) is 0 Å². The molecule has 4 heterocycles. The third kappa shape index (κ3) is 7.35. The molecule has 0 aromatic rings. The highest BCUT2D eigenvalue weighted by Gasteiger charge is 2.32. The first kappa shape index (κ1) is 31.7. The van der Waals surface area contributed by atoms with E-state index in [0.29, 0.717) is 6.04 Å². The van der Waals surface area contributed by atoms with Crippen LogP contribution in [0, 0.1) is 5.92 Å². The highest BCUT2D eigenvalue weighted by molar-refractivity contribution is 6.13. The van der Waals surface area contributed by atoms with Gasteiger partial charge in [-0.25, -0.2) is 4.99 Å². The Hall–Kier alpha value is -3.84. The molecule has 47 heavy (non-hydrogen) atoms. The monoisotopic (exact) mass is 631 g/mol. The second-order valence-electron chi connectivity index (χ2n) is 14.5. The number of allylic oxidation sites excluding steroid dienone is 9. The number of likely N-dealkylation sites (tertiary alicyclic amines) is 2. The van der Waals surface area contributed by atoms with E-state index < -0.39 is 0 Å². The summed E-state index contributed by atoms with van der Waals surface area (Å²) < 4.78 is 0. The normalized spacial score (nSPS) is 30.0. The van der Waals surface area contributed by atoms with Gasteiger partial charge in [-0.05, 0) is 112 Å². The fourth-order valence-corrected chi connectivity index (χ4v) is 7.80. The lowest BCUT2D eigenvalue weighted by molar-refractivity contribution is 0.287. The van der Waals surface area contributed by atoms with Crippen molar-refractivity contribution in [1.82, 2.24) is 25.8 Å². The van der Waals surface area contributed by atoms with Crippen LogP contribution in [0.25, 0.3) is 0 Å². The van der Waals surface area contributed by atoms with E-state index in [1.165, 1.54) is 66.8 Å². The highest BCUT2D eigenvalue weighted by Crippen LogP contribution is 2.33. The van der Waals surface area contributed by atoms with Gasteiger partial charge in [-0.15, -0.1) is 0 Å². The largest absolute Gasteiger partial charge is 0.372 e. The van der Waals surface area contributed by atoms with E-state index in [4.69, 9.17) is 9.98 Å². The average molecular weight is 632 g/mol. The number of guanidine groups is 1. The fourth-order valence-electron chi connectivity index (χ4n) is 7.80. The van der Waals surface area contributed by atoms with Crippen molar-refractivity contribution in [2.24, 2.45) is 15.9 Å². The standard InChI is InChI=1S/C40H53N7/c1-27(2)41-38-25-31(46-18-7-5-8-19-46)14-16-33(38)36-23-29-12-11-13-30-24-37(45-40(44-36)43-35(30)22-29)34-17-15-32(26-39(34)42-28(3)4)47-20-9-6-10-21-47/h11-17,23-28,34-35,39,42H,5-10,18-22H2,1-4H3,(H2,43,44,45)/b29-23?,36-33+,41-38?/t34?,35-,39?/m0/s1. The Bertz CT molecular complexity index is 1560. The molecule has 0 radical (unpaired) electrons. The van der Waals surface area contributed by atoms with E-state index in [9.17, 15) is 0 Å². The van der Waals surface area contributed by atoms with Crippen molar-refractivity contribution in [3.05, 3.63) is 106 Å². The van der Waals surface area contributed by atoms with Crippen LogP contribution in [-0.4, -0.2) is 71.8 Å². The number of fused-ring (bicyclic) bond motifs is 1. The van der Waals surface area contributed by atoms with Gasteiger partial charge >= 0.3 is 0 Å². The van der Waals surface area contributed by atoms with Gasteiger partial charge in [0.1, 0.15) is 0 Å². The van der Waals surface area contributed by atoms with Crippen LogP contribution in [0.1, 0.15) is 72.6 Å². The molecule has 7 nitrogen and oxygen atoms in total. The molecule has 3 N–H and O–H groups in total. The van der Waals surface area contributed by atoms with Crippen molar-refractivity contribution in [2.45, 2.75) is 96.8 Å². The van der Waals surface area contributed by atoms with Crippen LogP contribution < -0.4 is 16.0 Å². The maximum atomic E-state index is 5.32. The number of nitrogens with zero attached hydrogens (tertiary/aromatic N) is 4. The number of hydrogen-bond acceptors (Lipinski definition) is 7. The quantitative estimate of drug-likeness (QED) is 0.309. The molecule has 3 aliphatic carbocycles. The minimum atomic E-state index is 0.0510. The molecule has 3 atom stereocenters. The third-order valence-corrected chi connectivity index (χ3v) is 10.1. The lowest BCUT2D eigenvalue weighted by atomic mass is 9.88. The maximum absolute atomic E-state index is 5.32. The average Bonchev–Trinajstić information content (AvgIpc) is 3.36. The number of rotatable bonds is 6. The van der Waals surface area contributed by atoms with E-state index in [1.54, 1.807) is 0 Å². The Morgan fingerprint density at radius 3 is 2.30 bits per heavy atom. The Morgan fingerprint density at radius 2 is 1.57 bits per heavy atom. The smallest absolute Gasteiger partial charge is 0.200 e. The van der Waals surface area contributed by atoms with Crippen LogP contribution >= 0.6 is 0 Å². The molecule has 3 bridgehead atoms. The molecule has 0 amide bonds. The highest BCUT2D eigenvalue weighted by atomic mass is 15.2. The first-order chi connectivity index (χ1) is 22.9. The summed E-state index contributed by atoms with van der Waals surface area (Å²) in [5.74, 6) is 0.951. The van der Waals surface area contributed by atoms with Crippen molar-refractivity contribution < 1.29 is 0 Å². The number of nitrogens with one attached hydrogen (secondary N) is 3. The van der Waals surface area contributed by atoms with Crippen molar-refractivity contribution in [3.63, 3.8) is 0 Å². The van der Waals surface area contributed by atoms with Crippen molar-refractivity contribution in [2.75, 3.05) is 26.2 Å². The van der Waals surface area contributed by atoms with Crippen LogP contribution in [0.3, 0.4) is 0 Å². The molecule has 2 saturated heterocycles. The molecule has 248 valence electrons. The molecule has 0 saturated carbocycles. The fraction of sp³-hybridized carbons (Fsp3) is 0.500. The third-order valence-electron chi connectivity index (χ3n) is 10.1. The lowest BCUT2D eigenvalue weighted by Gasteiger charge is -2.36. The van der Waals surface area contributed by atoms with E-state index in [-0.39, 0.29) is 24.0 Å². The molecule has 4 aliphatic heterocycles. The summed E-state index contributed by atoms with van der Waals surface area (Å²) in [4.78, 5) is 15.6. The van der Waals surface area contributed by atoms with Gasteiger partial charge in [0.05, 0.1) is 17.5 Å². The van der Waals surface area contributed by atoms with Crippen molar-refractivity contribution in [1.29, 1.82) is 0 Å². The van der Waals surface area contributed by atoms with Gasteiger partial charge in [-0.2, -0.15) is 0 Å². The predicted molar refractivity (Wildman–Crippen MR) is 196 cm³/mol. The van der Waals surface area contributed by atoms with Gasteiger partial charge in [-0.1, -0.05) is 38.2 Å². The minimum Gasteiger partial charge on any atom is -0.372 e. The summed E-state index contributed by atoms with van der Waals surface area (Å²) in [7, 11) is 0. The lowest BCUT2D eigenvalue weighted by Crippen LogP contribution is -2.46. The Labute approximate surface area is 282 Å². The molecule has 7 heteroatoms. The first-order valence-electron chi connectivity index (χ1n) is 18.2. The van der Waals surface area contributed by atoms with E-state index >= 15 is 0 Å². The van der Waals surface area contributed by atoms with Gasteiger partial charge < -0.3 is 25.8 Å². The number of piperidine rings is 2. The molecular formula is C40H53N7. The molecular weight excluding hydrogens is 578 g/mol. The van der Waals surface area contributed by atoms with Crippen molar-refractivity contribution >= 4 is 11.7 Å². The summed E-state index contributed by atoms with van der Waals surface area (Å²) in [6.07, 6.45) is 34.0. The maximum Gasteiger partial charge on any atom is 0.200 e. The van der Waals surface area contributed by atoms with E-state index in [0.717, 1.165) is 55.5 Å². The zero-order valence-corrected chi connectivity index (χ0v) is 28.8. The van der Waals surface area contributed by atoms with Crippen LogP contribution in [0.5, 0.6) is 0 Å². The summed E-state index contributed by atoms with van der Waals surface area (Å²) in [5, 5.41) is 11.5. The Morgan fingerprint density at radius 1 is 0.830 bits per heavy atom. The van der Waals surface area contributed by atoms with Crippen LogP contribution in [-0.2, 0) is 0 Å². The molecule has 0 spiro atoms. The SMILES string of the molecule is CC(C)N=C1C=C(N2CCCCC2)C=C/C1=C1/C=C2C=CC=C3C=C(C4C=CC(N5CCCCC5)=CC4NC(C)C)NC(=N[C@H]3C2)N1. The molecule has 2 fully saturated rings. The topological polar surface area (TPSA) is 67.3 Å². The minimum absolute atomic E-state index is 0.0510. The first-order valence-corrected chi connectivity index (χ1v) is 18.2. The Balaban J connectivity index is 1.23. The Kier molecular flexibility index (Phi) is 9.53. The van der Waals surface area contributed by atoms with Gasteiger partial charge in [0, 0.05) is 72.9 Å². The molecule has 7 aliphatic rings. The number of aliphatic imine (C=N–C) groups is 2. The molecule has 2 unspecified atom stereocenters. The molecule has 0 aromatic heterocycles.